The molecule has 5 heteroatoms. The first-order valence-corrected chi connectivity index (χ1v) is 7.35. The molecule has 2 rings (SSSR count). The van der Waals surface area contributed by atoms with Gasteiger partial charge < -0.3 is 4.90 Å². The number of aromatic nitrogens is 1. The minimum absolute atomic E-state index is 0.319. The quantitative estimate of drug-likeness (QED) is 0.778. The summed E-state index contributed by atoms with van der Waals surface area (Å²) >= 11 is 12.1. The molecule has 1 saturated carbocycles. The van der Waals surface area contributed by atoms with E-state index in [1.165, 1.54) is 19.3 Å². The summed E-state index contributed by atoms with van der Waals surface area (Å²) in [5, 5.41) is 1.18. The minimum atomic E-state index is 0.319. The van der Waals surface area contributed by atoms with Gasteiger partial charge in [0.25, 0.3) is 0 Å². The molecule has 1 aliphatic carbocycles. The van der Waals surface area contributed by atoms with Crippen molar-refractivity contribution in [3.05, 3.63) is 28.0 Å². The lowest BCUT2D eigenvalue weighted by molar-refractivity contribution is 0.0256. The van der Waals surface area contributed by atoms with Crippen LogP contribution in [0.3, 0.4) is 0 Å². The molecule has 1 heterocycles. The fraction of sp³-hybridized carbons (Fsp3) is 0.643. The van der Waals surface area contributed by atoms with Crippen molar-refractivity contribution in [1.29, 1.82) is 0 Å². The van der Waals surface area contributed by atoms with Gasteiger partial charge in [-0.1, -0.05) is 23.2 Å². The number of hydrogen-bond acceptors (Lipinski definition) is 3. The first kappa shape index (κ1) is 15.0. The summed E-state index contributed by atoms with van der Waals surface area (Å²) in [6.07, 6.45) is 3.85. The van der Waals surface area contributed by atoms with Crippen molar-refractivity contribution in [3.63, 3.8) is 0 Å². The van der Waals surface area contributed by atoms with E-state index in [1.54, 1.807) is 6.07 Å². The highest BCUT2D eigenvalue weighted by atomic mass is 35.5. The smallest absolute Gasteiger partial charge is 0.129 e. The Bertz CT molecular complexity index is 444. The van der Waals surface area contributed by atoms with Crippen molar-refractivity contribution in [2.24, 2.45) is 0 Å². The van der Waals surface area contributed by atoms with Gasteiger partial charge >= 0.3 is 0 Å². The zero-order chi connectivity index (χ0) is 14.0. The zero-order valence-corrected chi connectivity index (χ0v) is 13.3. The highest BCUT2D eigenvalue weighted by Gasteiger charge is 2.39. The van der Waals surface area contributed by atoms with Gasteiger partial charge in [-0.3, -0.25) is 4.90 Å². The molecule has 0 N–H and O–H groups in total. The molecule has 1 aliphatic rings. The Labute approximate surface area is 125 Å². The van der Waals surface area contributed by atoms with E-state index in [9.17, 15) is 0 Å². The molecule has 0 aliphatic heterocycles. The highest BCUT2D eigenvalue weighted by molar-refractivity contribution is 6.32. The Hall–Kier alpha value is -0.350. The third-order valence-corrected chi connectivity index (χ3v) is 4.66. The third kappa shape index (κ3) is 3.40. The lowest BCUT2D eigenvalue weighted by Gasteiger charge is -2.49. The normalized spacial score (nSPS) is 17.8. The van der Waals surface area contributed by atoms with E-state index < -0.39 is 0 Å². The Balaban J connectivity index is 2.01. The molecule has 0 radical (unpaired) electrons. The number of rotatable bonds is 5. The molecule has 1 fully saturated rings. The molecule has 3 nitrogen and oxygen atoms in total. The van der Waals surface area contributed by atoms with Crippen molar-refractivity contribution in [1.82, 2.24) is 14.8 Å². The molecule has 0 aromatic carbocycles. The number of halogens is 2. The summed E-state index contributed by atoms with van der Waals surface area (Å²) in [6.45, 7) is 1.76. The van der Waals surface area contributed by atoms with Gasteiger partial charge in [-0.25, -0.2) is 4.98 Å². The standard InChI is InChI=1S/C14H21Cl2N3/c1-18(2)14(7-4-8-14)10-19(3)9-12-11(15)5-6-13(16)17-12/h5-6H,4,7-10H2,1-3H3. The molecule has 0 atom stereocenters. The topological polar surface area (TPSA) is 19.4 Å². The van der Waals surface area contributed by atoms with Gasteiger partial charge in [-0.15, -0.1) is 0 Å². The Kier molecular flexibility index (Phi) is 4.72. The van der Waals surface area contributed by atoms with Crippen LogP contribution in [0, 0.1) is 0 Å². The van der Waals surface area contributed by atoms with Crippen LogP contribution >= 0.6 is 23.2 Å². The molecular formula is C14H21Cl2N3. The Morgan fingerprint density at radius 1 is 1.21 bits per heavy atom. The average molecular weight is 302 g/mol. The van der Waals surface area contributed by atoms with Crippen molar-refractivity contribution in [2.75, 3.05) is 27.7 Å². The Morgan fingerprint density at radius 2 is 1.89 bits per heavy atom. The monoisotopic (exact) mass is 301 g/mol. The number of hydrogen-bond donors (Lipinski definition) is 0. The van der Waals surface area contributed by atoms with Crippen LogP contribution in [0.2, 0.25) is 10.2 Å². The van der Waals surface area contributed by atoms with Gasteiger partial charge in [0.15, 0.2) is 0 Å². The third-order valence-electron chi connectivity index (χ3n) is 4.10. The van der Waals surface area contributed by atoms with Crippen LogP contribution in [0.25, 0.3) is 0 Å². The van der Waals surface area contributed by atoms with Crippen LogP contribution in [0.1, 0.15) is 25.0 Å². The van der Waals surface area contributed by atoms with Crippen LogP contribution in [-0.2, 0) is 6.54 Å². The van der Waals surface area contributed by atoms with E-state index in [4.69, 9.17) is 23.2 Å². The van der Waals surface area contributed by atoms with Crippen LogP contribution in [0.4, 0.5) is 0 Å². The van der Waals surface area contributed by atoms with Crippen molar-refractivity contribution >= 4 is 23.2 Å². The summed E-state index contributed by atoms with van der Waals surface area (Å²) in [5.41, 5.74) is 1.17. The van der Waals surface area contributed by atoms with Gasteiger partial charge in [0.05, 0.1) is 10.7 Å². The van der Waals surface area contributed by atoms with E-state index in [1.807, 2.05) is 6.07 Å². The van der Waals surface area contributed by atoms with Gasteiger partial charge in [-0.2, -0.15) is 0 Å². The summed E-state index contributed by atoms with van der Waals surface area (Å²) in [7, 11) is 6.44. The largest absolute Gasteiger partial charge is 0.302 e. The second-order valence-electron chi connectivity index (χ2n) is 5.71. The van der Waals surface area contributed by atoms with E-state index in [2.05, 4.69) is 35.9 Å². The summed E-state index contributed by atoms with van der Waals surface area (Å²) in [6, 6.07) is 3.53. The van der Waals surface area contributed by atoms with E-state index in [0.29, 0.717) is 15.7 Å². The maximum atomic E-state index is 6.16. The van der Waals surface area contributed by atoms with Gasteiger partial charge in [0.1, 0.15) is 5.15 Å². The molecule has 106 valence electrons. The number of nitrogens with zero attached hydrogens (tertiary/aromatic N) is 3. The van der Waals surface area contributed by atoms with Crippen molar-refractivity contribution < 1.29 is 0 Å². The highest BCUT2D eigenvalue weighted by Crippen LogP contribution is 2.36. The maximum Gasteiger partial charge on any atom is 0.129 e. The molecule has 0 amide bonds. The maximum absolute atomic E-state index is 6.16. The number of pyridine rings is 1. The first-order chi connectivity index (χ1) is 8.93. The molecule has 0 spiro atoms. The predicted octanol–water partition coefficient (Wildman–Crippen LogP) is 3.30. The summed E-state index contributed by atoms with van der Waals surface area (Å²) in [4.78, 5) is 8.94. The minimum Gasteiger partial charge on any atom is -0.302 e. The van der Waals surface area contributed by atoms with Gasteiger partial charge in [-0.05, 0) is 52.5 Å². The van der Waals surface area contributed by atoms with Crippen molar-refractivity contribution in [3.8, 4) is 0 Å². The van der Waals surface area contributed by atoms with E-state index in [0.717, 1.165) is 18.8 Å². The molecule has 0 saturated heterocycles. The number of likely N-dealkylation sites (N-methyl/N-ethyl adjacent to an activating group) is 2. The van der Waals surface area contributed by atoms with Crippen LogP contribution in [0.15, 0.2) is 12.1 Å². The van der Waals surface area contributed by atoms with Crippen molar-refractivity contribution in [2.45, 2.75) is 31.3 Å². The van der Waals surface area contributed by atoms with E-state index in [-0.39, 0.29) is 0 Å². The molecular weight excluding hydrogens is 281 g/mol. The second kappa shape index (κ2) is 5.96. The molecule has 1 aromatic heterocycles. The summed E-state index contributed by atoms with van der Waals surface area (Å²) < 4.78 is 0. The predicted molar refractivity (Wildman–Crippen MR) is 80.9 cm³/mol. The van der Waals surface area contributed by atoms with Crippen LogP contribution in [0.5, 0.6) is 0 Å². The molecule has 1 aromatic rings. The fourth-order valence-electron chi connectivity index (χ4n) is 2.71. The summed E-state index contributed by atoms with van der Waals surface area (Å²) in [5.74, 6) is 0. The molecule has 0 unspecified atom stereocenters. The van der Waals surface area contributed by atoms with Gasteiger partial charge in [0.2, 0.25) is 0 Å². The molecule has 19 heavy (non-hydrogen) atoms. The lowest BCUT2D eigenvalue weighted by atomic mass is 9.75. The van der Waals surface area contributed by atoms with Crippen LogP contribution < -0.4 is 0 Å². The average Bonchev–Trinajstić information content (AvgIpc) is 2.28. The second-order valence-corrected chi connectivity index (χ2v) is 6.50. The fourth-order valence-corrected chi connectivity index (χ4v) is 3.04. The first-order valence-electron chi connectivity index (χ1n) is 6.60. The zero-order valence-electron chi connectivity index (χ0n) is 11.8. The van der Waals surface area contributed by atoms with E-state index >= 15 is 0 Å². The van der Waals surface area contributed by atoms with Crippen LogP contribution in [-0.4, -0.2) is 48.0 Å². The Morgan fingerprint density at radius 3 is 2.42 bits per heavy atom. The van der Waals surface area contributed by atoms with Gasteiger partial charge in [0, 0.05) is 18.6 Å². The molecule has 0 bridgehead atoms. The lowest BCUT2D eigenvalue weighted by Crippen LogP contribution is -2.56. The SMILES string of the molecule is CN(Cc1nc(Cl)ccc1Cl)CC1(N(C)C)CCC1.